The highest BCUT2D eigenvalue weighted by Crippen LogP contribution is 2.38. The van der Waals surface area contributed by atoms with E-state index in [2.05, 4.69) is 47.6 Å². The summed E-state index contributed by atoms with van der Waals surface area (Å²) in [5.41, 5.74) is 10.6. The third-order valence-corrected chi connectivity index (χ3v) is 9.44. The van der Waals surface area contributed by atoms with Gasteiger partial charge in [0.2, 0.25) is 0 Å². The molecular formula is C31H46F2. The molecule has 2 saturated carbocycles. The third-order valence-electron chi connectivity index (χ3n) is 9.44. The Morgan fingerprint density at radius 2 is 1.24 bits per heavy atom. The van der Waals surface area contributed by atoms with Crippen molar-refractivity contribution < 1.29 is 8.78 Å². The van der Waals surface area contributed by atoms with E-state index < -0.39 is 6.08 Å². The molecule has 1 aromatic rings. The molecule has 2 heteroatoms. The Hall–Kier alpha value is -1.44. The van der Waals surface area contributed by atoms with E-state index in [9.17, 15) is 8.78 Å². The maximum atomic E-state index is 12.4. The molecule has 0 amide bonds. The van der Waals surface area contributed by atoms with Crippen LogP contribution in [-0.4, -0.2) is 0 Å². The molecule has 0 aromatic heterocycles. The summed E-state index contributed by atoms with van der Waals surface area (Å²) < 4.78 is 24.7. The Labute approximate surface area is 201 Å². The number of hydrogen-bond donors (Lipinski definition) is 0. The summed E-state index contributed by atoms with van der Waals surface area (Å²) in [6.07, 6.45) is 15.3. The smallest absolute Gasteiger partial charge is 0.174 e. The van der Waals surface area contributed by atoms with Gasteiger partial charge in [-0.1, -0.05) is 11.6 Å². The third kappa shape index (κ3) is 6.80. The largest absolute Gasteiger partial charge is 0.266 e. The molecular weight excluding hydrogens is 410 g/mol. The molecule has 0 heterocycles. The summed E-state index contributed by atoms with van der Waals surface area (Å²) in [7, 11) is 0. The number of benzene rings is 1. The molecule has 0 N–H and O–H groups in total. The van der Waals surface area contributed by atoms with Crippen molar-refractivity contribution in [2.75, 3.05) is 0 Å². The minimum Gasteiger partial charge on any atom is -0.174 e. The topological polar surface area (TPSA) is 0 Å². The van der Waals surface area contributed by atoms with Crippen LogP contribution in [0.1, 0.15) is 105 Å². The lowest BCUT2D eigenvalue weighted by molar-refractivity contribution is 0.285. The Balaban J connectivity index is 1.46. The molecule has 0 bridgehead atoms. The van der Waals surface area contributed by atoms with Gasteiger partial charge < -0.3 is 0 Å². The average Bonchev–Trinajstić information content (AvgIpc) is 2.81. The Morgan fingerprint density at radius 1 is 0.727 bits per heavy atom. The predicted molar refractivity (Wildman–Crippen MR) is 138 cm³/mol. The molecule has 2 aliphatic carbocycles. The van der Waals surface area contributed by atoms with Crippen LogP contribution >= 0.6 is 0 Å². The molecule has 2 fully saturated rings. The molecule has 0 saturated heterocycles. The van der Waals surface area contributed by atoms with E-state index in [-0.39, 0.29) is 0 Å². The van der Waals surface area contributed by atoms with Crippen LogP contribution in [0.4, 0.5) is 8.78 Å². The van der Waals surface area contributed by atoms with Gasteiger partial charge in [0.05, 0.1) is 0 Å². The Morgan fingerprint density at radius 3 is 1.79 bits per heavy atom. The second kappa shape index (κ2) is 11.8. The van der Waals surface area contributed by atoms with Crippen LogP contribution in [0.5, 0.6) is 0 Å². The molecule has 33 heavy (non-hydrogen) atoms. The molecule has 184 valence electrons. The van der Waals surface area contributed by atoms with Crippen LogP contribution in [0.3, 0.4) is 0 Å². The second-order valence-electron chi connectivity index (χ2n) is 11.3. The van der Waals surface area contributed by atoms with Gasteiger partial charge in [-0.3, -0.25) is 0 Å². The SMILES string of the molecule is C/C(=C\C1CCC(CCc2c(C)c(C)c(C)c(C)c2C)CC1)C1CCC(CC=C(F)F)CC1. The number of hydrogen-bond acceptors (Lipinski definition) is 0. The first kappa shape index (κ1) is 26.2. The van der Waals surface area contributed by atoms with Gasteiger partial charge in [-0.15, -0.1) is 0 Å². The highest BCUT2D eigenvalue weighted by molar-refractivity contribution is 5.49. The zero-order chi connectivity index (χ0) is 24.1. The summed E-state index contributed by atoms with van der Waals surface area (Å²) in [6.45, 7) is 13.8. The van der Waals surface area contributed by atoms with Crippen molar-refractivity contribution in [2.24, 2.45) is 23.7 Å². The second-order valence-corrected chi connectivity index (χ2v) is 11.3. The zero-order valence-corrected chi connectivity index (χ0v) is 22.0. The Kier molecular flexibility index (Phi) is 9.36. The zero-order valence-electron chi connectivity index (χ0n) is 22.0. The fourth-order valence-electron chi connectivity index (χ4n) is 6.56. The van der Waals surface area contributed by atoms with Crippen LogP contribution in [0, 0.1) is 58.3 Å². The maximum absolute atomic E-state index is 12.4. The quantitative estimate of drug-likeness (QED) is 0.358. The first-order valence-corrected chi connectivity index (χ1v) is 13.4. The predicted octanol–water partition coefficient (Wildman–Crippen LogP) is 9.89. The first-order chi connectivity index (χ1) is 15.7. The van der Waals surface area contributed by atoms with Gasteiger partial charge in [-0.2, -0.15) is 8.78 Å². The van der Waals surface area contributed by atoms with E-state index in [1.54, 1.807) is 11.1 Å². The van der Waals surface area contributed by atoms with E-state index in [4.69, 9.17) is 0 Å². The lowest BCUT2D eigenvalue weighted by atomic mass is 9.75. The van der Waals surface area contributed by atoms with Crippen LogP contribution in [0.2, 0.25) is 0 Å². The summed E-state index contributed by atoms with van der Waals surface area (Å²) in [5.74, 6) is 2.75. The monoisotopic (exact) mass is 456 g/mol. The fourth-order valence-corrected chi connectivity index (χ4v) is 6.56. The van der Waals surface area contributed by atoms with Gasteiger partial charge in [0.15, 0.2) is 0 Å². The molecule has 1 aromatic carbocycles. The van der Waals surface area contributed by atoms with Crippen molar-refractivity contribution in [3.8, 4) is 0 Å². The van der Waals surface area contributed by atoms with Gasteiger partial charge in [-0.05, 0) is 175 Å². The van der Waals surface area contributed by atoms with Crippen molar-refractivity contribution in [2.45, 2.75) is 112 Å². The minimum absolute atomic E-state index is 0.458. The minimum atomic E-state index is -1.52. The van der Waals surface area contributed by atoms with Crippen molar-refractivity contribution in [3.05, 3.63) is 57.2 Å². The molecule has 0 aliphatic heterocycles. The van der Waals surface area contributed by atoms with Gasteiger partial charge in [0.1, 0.15) is 0 Å². The normalized spacial score (nSPS) is 26.4. The molecule has 2 aliphatic rings. The van der Waals surface area contributed by atoms with Crippen molar-refractivity contribution in [3.63, 3.8) is 0 Å². The lowest BCUT2D eigenvalue weighted by Crippen LogP contribution is -2.17. The van der Waals surface area contributed by atoms with Crippen molar-refractivity contribution in [1.82, 2.24) is 0 Å². The van der Waals surface area contributed by atoms with E-state index in [0.29, 0.717) is 18.3 Å². The average molecular weight is 457 g/mol. The molecule has 0 radical (unpaired) electrons. The lowest BCUT2D eigenvalue weighted by Gasteiger charge is -2.31. The van der Waals surface area contributed by atoms with Crippen LogP contribution in [0.25, 0.3) is 0 Å². The van der Waals surface area contributed by atoms with Gasteiger partial charge in [-0.25, -0.2) is 0 Å². The molecule has 0 unspecified atom stereocenters. The molecule has 0 nitrogen and oxygen atoms in total. The summed E-state index contributed by atoms with van der Waals surface area (Å²) >= 11 is 0. The molecule has 0 atom stereocenters. The van der Waals surface area contributed by atoms with E-state index in [1.165, 1.54) is 79.2 Å². The highest BCUT2D eigenvalue weighted by atomic mass is 19.3. The highest BCUT2D eigenvalue weighted by Gasteiger charge is 2.24. The van der Waals surface area contributed by atoms with Crippen molar-refractivity contribution in [1.29, 1.82) is 0 Å². The fraction of sp³-hybridized carbons (Fsp3) is 0.677. The first-order valence-electron chi connectivity index (χ1n) is 13.4. The summed E-state index contributed by atoms with van der Waals surface area (Å²) in [4.78, 5) is 0. The van der Waals surface area contributed by atoms with Gasteiger partial charge >= 0.3 is 0 Å². The maximum Gasteiger partial charge on any atom is 0.266 e. The Bertz CT molecular complexity index is 826. The van der Waals surface area contributed by atoms with Crippen LogP contribution in [-0.2, 0) is 6.42 Å². The summed E-state index contributed by atoms with van der Waals surface area (Å²) in [6, 6.07) is 0. The van der Waals surface area contributed by atoms with Crippen molar-refractivity contribution >= 4 is 0 Å². The number of allylic oxidation sites excluding steroid dienone is 3. The number of rotatable bonds is 7. The molecule has 0 spiro atoms. The van der Waals surface area contributed by atoms with E-state index in [1.807, 2.05) is 0 Å². The van der Waals surface area contributed by atoms with Gasteiger partial charge in [0.25, 0.3) is 6.08 Å². The van der Waals surface area contributed by atoms with Gasteiger partial charge in [0, 0.05) is 0 Å². The molecule has 3 rings (SSSR count). The van der Waals surface area contributed by atoms with E-state index in [0.717, 1.165) is 30.8 Å². The standard InChI is InChI=1S/C31H46F2/c1-20(29-15-11-27(12-16-29)14-18-31(32)33)19-28-9-7-26(8-10-28)13-17-30-24(5)22(3)21(2)23(4)25(30)6/h18-19,26-29H,7-17H2,1-6H3/b20-19+. The van der Waals surface area contributed by atoms with Crippen LogP contribution in [0.15, 0.2) is 23.8 Å². The van der Waals surface area contributed by atoms with E-state index >= 15 is 0 Å². The van der Waals surface area contributed by atoms with Crippen LogP contribution < -0.4 is 0 Å². The summed E-state index contributed by atoms with van der Waals surface area (Å²) in [5, 5.41) is 0. The number of halogens is 2.